The molecule has 1 rings (SSSR count). The van der Waals surface area contributed by atoms with E-state index in [9.17, 15) is 0 Å². The van der Waals surface area contributed by atoms with Gasteiger partial charge in [0.1, 0.15) is 0 Å². The molecule has 1 N–H and O–H groups in total. The minimum absolute atomic E-state index is 0.630. The van der Waals surface area contributed by atoms with Crippen LogP contribution in [0.3, 0.4) is 0 Å². The molecular weight excluding hydrogens is 288 g/mol. The minimum atomic E-state index is 0.630. The molecule has 1 aromatic rings. The number of hydrogen-bond donors (Lipinski definition) is 1. The van der Waals surface area contributed by atoms with Crippen LogP contribution < -0.4 is 5.32 Å². The maximum atomic E-state index is 5.48. The van der Waals surface area contributed by atoms with Crippen molar-refractivity contribution in [2.45, 2.75) is 33.2 Å². The third-order valence-electron chi connectivity index (χ3n) is 2.78. The molecule has 0 aliphatic carbocycles. The largest absolute Gasteiger partial charge is 0.379 e. The summed E-state index contributed by atoms with van der Waals surface area (Å²) >= 11 is 1.73. The second-order valence-corrected chi connectivity index (χ2v) is 6.03. The molecule has 0 spiro atoms. The number of nitrogens with one attached hydrogen (secondary N) is 1. The average Bonchev–Trinajstić information content (AvgIpc) is 2.89. The average molecular weight is 316 g/mol. The van der Waals surface area contributed by atoms with Crippen LogP contribution in [0.1, 0.15) is 29.7 Å². The maximum Gasteiger partial charge on any atom is 0.0897 e. The lowest BCUT2D eigenvalue weighted by atomic mass is 10.4. The molecule has 0 radical (unpaired) electrons. The van der Waals surface area contributed by atoms with E-state index in [0.29, 0.717) is 33.0 Å². The highest BCUT2D eigenvalue weighted by Gasteiger charge is 1.97. The molecule has 0 aromatic carbocycles. The molecular formula is C15H28N2O3S. The van der Waals surface area contributed by atoms with Crippen molar-refractivity contribution < 1.29 is 14.2 Å². The fourth-order valence-corrected chi connectivity index (χ4v) is 2.40. The first kappa shape index (κ1) is 18.5. The van der Waals surface area contributed by atoms with Crippen molar-refractivity contribution in [3.8, 4) is 0 Å². The van der Waals surface area contributed by atoms with E-state index in [1.807, 2.05) is 13.1 Å². The SMILES string of the molecule is CCCCOCCOCCOCCNCc1cnc(C)s1. The van der Waals surface area contributed by atoms with E-state index in [1.165, 1.54) is 11.3 Å². The van der Waals surface area contributed by atoms with E-state index in [4.69, 9.17) is 14.2 Å². The lowest BCUT2D eigenvalue weighted by molar-refractivity contribution is 0.0146. The second-order valence-electron chi connectivity index (χ2n) is 4.71. The molecule has 1 heterocycles. The summed E-state index contributed by atoms with van der Waals surface area (Å²) in [6.07, 6.45) is 4.22. The number of unbranched alkanes of at least 4 members (excludes halogenated alkanes) is 1. The zero-order chi connectivity index (χ0) is 15.2. The van der Waals surface area contributed by atoms with Crippen LogP contribution in [0.15, 0.2) is 6.20 Å². The number of aromatic nitrogens is 1. The molecule has 5 nitrogen and oxygen atoms in total. The molecule has 0 saturated heterocycles. The number of nitrogens with zero attached hydrogens (tertiary/aromatic N) is 1. The lowest BCUT2D eigenvalue weighted by Gasteiger charge is -2.07. The lowest BCUT2D eigenvalue weighted by Crippen LogP contribution is -2.20. The molecule has 0 atom stereocenters. The van der Waals surface area contributed by atoms with Gasteiger partial charge in [-0.05, 0) is 13.3 Å². The van der Waals surface area contributed by atoms with Crippen molar-refractivity contribution >= 4 is 11.3 Å². The Hall–Kier alpha value is -0.530. The number of ether oxygens (including phenoxy) is 3. The van der Waals surface area contributed by atoms with Gasteiger partial charge in [-0.15, -0.1) is 11.3 Å². The standard InChI is InChI=1S/C15H28N2O3S/c1-3-4-6-18-8-10-20-11-9-19-7-5-16-12-15-13-17-14(2)21-15/h13,16H,3-12H2,1-2H3. The Morgan fingerprint density at radius 2 is 1.71 bits per heavy atom. The summed E-state index contributed by atoms with van der Waals surface area (Å²) in [7, 11) is 0. The zero-order valence-corrected chi connectivity index (χ0v) is 14.0. The van der Waals surface area contributed by atoms with Crippen molar-refractivity contribution in [2.24, 2.45) is 0 Å². The van der Waals surface area contributed by atoms with Gasteiger partial charge in [-0.1, -0.05) is 13.3 Å². The normalized spacial score (nSPS) is 11.1. The predicted molar refractivity (Wildman–Crippen MR) is 85.9 cm³/mol. The first-order valence-electron chi connectivity index (χ1n) is 7.68. The van der Waals surface area contributed by atoms with E-state index >= 15 is 0 Å². The Labute approximate surface area is 132 Å². The number of hydrogen-bond acceptors (Lipinski definition) is 6. The molecule has 0 saturated carbocycles. The third-order valence-corrected chi connectivity index (χ3v) is 3.69. The van der Waals surface area contributed by atoms with Crippen molar-refractivity contribution in [3.05, 3.63) is 16.1 Å². The Morgan fingerprint density at radius 1 is 1.05 bits per heavy atom. The highest BCUT2D eigenvalue weighted by atomic mass is 32.1. The molecule has 6 heteroatoms. The van der Waals surface area contributed by atoms with E-state index in [2.05, 4.69) is 17.2 Å². The van der Waals surface area contributed by atoms with Crippen LogP contribution in [-0.2, 0) is 20.8 Å². The maximum absolute atomic E-state index is 5.48. The van der Waals surface area contributed by atoms with Gasteiger partial charge in [0, 0.05) is 30.8 Å². The van der Waals surface area contributed by atoms with E-state index < -0.39 is 0 Å². The van der Waals surface area contributed by atoms with Crippen LogP contribution in [-0.4, -0.2) is 51.2 Å². The van der Waals surface area contributed by atoms with Crippen LogP contribution in [0.2, 0.25) is 0 Å². The van der Waals surface area contributed by atoms with Gasteiger partial charge in [-0.25, -0.2) is 4.98 Å². The first-order valence-corrected chi connectivity index (χ1v) is 8.50. The quantitative estimate of drug-likeness (QED) is 0.534. The Balaban J connectivity index is 1.74. The Bertz CT molecular complexity index is 347. The number of thiazole rings is 1. The Kier molecular flexibility index (Phi) is 11.6. The van der Waals surface area contributed by atoms with Gasteiger partial charge in [0.05, 0.1) is 38.0 Å². The van der Waals surface area contributed by atoms with Gasteiger partial charge < -0.3 is 19.5 Å². The minimum Gasteiger partial charge on any atom is -0.379 e. The number of rotatable bonds is 14. The molecule has 0 amide bonds. The highest BCUT2D eigenvalue weighted by molar-refractivity contribution is 7.11. The predicted octanol–water partition coefficient (Wildman–Crippen LogP) is 2.39. The van der Waals surface area contributed by atoms with Gasteiger partial charge in [0.2, 0.25) is 0 Å². The summed E-state index contributed by atoms with van der Waals surface area (Å²) in [5.74, 6) is 0. The molecule has 0 fully saturated rings. The molecule has 21 heavy (non-hydrogen) atoms. The van der Waals surface area contributed by atoms with Gasteiger partial charge in [0.15, 0.2) is 0 Å². The molecule has 122 valence electrons. The van der Waals surface area contributed by atoms with Crippen LogP contribution in [0.25, 0.3) is 0 Å². The number of aryl methyl sites for hydroxylation is 1. The van der Waals surface area contributed by atoms with Crippen LogP contribution in [0, 0.1) is 6.92 Å². The summed E-state index contributed by atoms with van der Waals surface area (Å²) in [4.78, 5) is 5.48. The first-order chi connectivity index (χ1) is 10.3. The van der Waals surface area contributed by atoms with Crippen molar-refractivity contribution in [2.75, 3.05) is 46.2 Å². The fourth-order valence-electron chi connectivity index (χ4n) is 1.63. The molecule has 0 bridgehead atoms. The molecule has 0 aliphatic heterocycles. The van der Waals surface area contributed by atoms with Gasteiger partial charge in [0.25, 0.3) is 0 Å². The topological polar surface area (TPSA) is 52.6 Å². The second kappa shape index (κ2) is 13.2. The summed E-state index contributed by atoms with van der Waals surface area (Å²) in [5.41, 5.74) is 0. The van der Waals surface area contributed by atoms with Gasteiger partial charge in [-0.3, -0.25) is 0 Å². The molecule has 0 unspecified atom stereocenters. The van der Waals surface area contributed by atoms with E-state index in [1.54, 1.807) is 11.3 Å². The third kappa shape index (κ3) is 10.8. The summed E-state index contributed by atoms with van der Waals surface area (Å²) in [6, 6.07) is 0. The summed E-state index contributed by atoms with van der Waals surface area (Å²) < 4.78 is 16.3. The van der Waals surface area contributed by atoms with Crippen molar-refractivity contribution in [3.63, 3.8) is 0 Å². The van der Waals surface area contributed by atoms with Crippen molar-refractivity contribution in [1.29, 1.82) is 0 Å². The fraction of sp³-hybridized carbons (Fsp3) is 0.800. The summed E-state index contributed by atoms with van der Waals surface area (Å²) in [5, 5.41) is 4.44. The van der Waals surface area contributed by atoms with Crippen LogP contribution in [0.5, 0.6) is 0 Å². The molecule has 1 aromatic heterocycles. The van der Waals surface area contributed by atoms with Gasteiger partial charge in [-0.2, -0.15) is 0 Å². The summed E-state index contributed by atoms with van der Waals surface area (Å²) in [6.45, 7) is 10.0. The molecule has 0 aliphatic rings. The van der Waals surface area contributed by atoms with Crippen LogP contribution in [0.4, 0.5) is 0 Å². The monoisotopic (exact) mass is 316 g/mol. The Morgan fingerprint density at radius 3 is 2.33 bits per heavy atom. The zero-order valence-electron chi connectivity index (χ0n) is 13.2. The smallest absolute Gasteiger partial charge is 0.0897 e. The van der Waals surface area contributed by atoms with Crippen LogP contribution >= 0.6 is 11.3 Å². The van der Waals surface area contributed by atoms with E-state index in [0.717, 1.165) is 31.1 Å². The highest BCUT2D eigenvalue weighted by Crippen LogP contribution is 2.10. The van der Waals surface area contributed by atoms with Gasteiger partial charge >= 0.3 is 0 Å². The van der Waals surface area contributed by atoms with E-state index in [-0.39, 0.29) is 0 Å². The van der Waals surface area contributed by atoms with Crippen molar-refractivity contribution in [1.82, 2.24) is 10.3 Å².